The van der Waals surface area contributed by atoms with Crippen molar-refractivity contribution >= 4 is 11.6 Å². The van der Waals surface area contributed by atoms with Gasteiger partial charge in [0.1, 0.15) is 6.61 Å². The lowest BCUT2D eigenvalue weighted by Gasteiger charge is -2.08. The number of hydrogen-bond donors (Lipinski definition) is 1. The molecule has 106 valence electrons. The van der Waals surface area contributed by atoms with Crippen LogP contribution in [0.25, 0.3) is 0 Å². The zero-order valence-electron chi connectivity index (χ0n) is 10.2. The summed E-state index contributed by atoms with van der Waals surface area (Å²) in [7, 11) is 0. The number of anilines is 1. The monoisotopic (exact) mass is 278 g/mol. The number of aromatic nitrogens is 1. The molecular formula is C11H13F3N2O3. The Hall–Kier alpha value is -1.83. The van der Waals surface area contributed by atoms with Crippen molar-refractivity contribution in [1.29, 1.82) is 0 Å². The minimum absolute atomic E-state index is 0.0560. The SMILES string of the molecule is CCOCCOc1ccc(NC(=O)C(F)(F)F)cn1. The van der Waals surface area contributed by atoms with E-state index in [-0.39, 0.29) is 18.2 Å². The fourth-order valence-electron chi connectivity index (χ4n) is 1.09. The highest BCUT2D eigenvalue weighted by molar-refractivity contribution is 5.94. The second kappa shape index (κ2) is 6.93. The predicted molar refractivity (Wildman–Crippen MR) is 60.9 cm³/mol. The molecule has 5 nitrogen and oxygen atoms in total. The van der Waals surface area contributed by atoms with Crippen molar-refractivity contribution in [2.75, 3.05) is 25.1 Å². The normalized spacial score (nSPS) is 11.2. The van der Waals surface area contributed by atoms with E-state index in [4.69, 9.17) is 9.47 Å². The number of nitrogens with zero attached hydrogens (tertiary/aromatic N) is 1. The molecule has 0 fully saturated rings. The van der Waals surface area contributed by atoms with Gasteiger partial charge in [-0.15, -0.1) is 0 Å². The van der Waals surface area contributed by atoms with E-state index < -0.39 is 12.1 Å². The number of rotatable bonds is 6. The minimum Gasteiger partial charge on any atom is -0.475 e. The van der Waals surface area contributed by atoms with Crippen molar-refractivity contribution in [3.05, 3.63) is 18.3 Å². The lowest BCUT2D eigenvalue weighted by molar-refractivity contribution is -0.167. The molecule has 0 aromatic carbocycles. The molecule has 1 N–H and O–H groups in total. The summed E-state index contributed by atoms with van der Waals surface area (Å²) in [5.74, 6) is -1.80. The van der Waals surface area contributed by atoms with Crippen LogP contribution >= 0.6 is 0 Å². The van der Waals surface area contributed by atoms with Gasteiger partial charge in [0.05, 0.1) is 18.5 Å². The van der Waals surface area contributed by atoms with Gasteiger partial charge in [-0.1, -0.05) is 0 Å². The third-order valence-electron chi connectivity index (χ3n) is 1.93. The van der Waals surface area contributed by atoms with E-state index in [1.54, 1.807) is 5.32 Å². The van der Waals surface area contributed by atoms with Gasteiger partial charge in [0.2, 0.25) is 5.88 Å². The standard InChI is InChI=1S/C11H13F3N2O3/c1-2-18-5-6-19-9-4-3-8(7-15-9)16-10(17)11(12,13)14/h3-4,7H,2,5-6H2,1H3,(H,16,17). The Morgan fingerprint density at radius 2 is 2.11 bits per heavy atom. The highest BCUT2D eigenvalue weighted by Gasteiger charge is 2.38. The zero-order chi connectivity index (χ0) is 14.3. The van der Waals surface area contributed by atoms with Gasteiger partial charge in [-0.05, 0) is 13.0 Å². The average Bonchev–Trinajstić information content (AvgIpc) is 2.35. The van der Waals surface area contributed by atoms with Crippen LogP contribution in [0.2, 0.25) is 0 Å². The molecule has 0 aliphatic carbocycles. The van der Waals surface area contributed by atoms with E-state index in [9.17, 15) is 18.0 Å². The van der Waals surface area contributed by atoms with Crippen molar-refractivity contribution in [3.63, 3.8) is 0 Å². The summed E-state index contributed by atoms with van der Waals surface area (Å²) in [5, 5.41) is 1.68. The van der Waals surface area contributed by atoms with E-state index in [1.165, 1.54) is 12.1 Å². The zero-order valence-corrected chi connectivity index (χ0v) is 10.2. The molecular weight excluding hydrogens is 265 g/mol. The number of ether oxygens (including phenoxy) is 2. The maximum Gasteiger partial charge on any atom is 0.471 e. The molecule has 1 rings (SSSR count). The van der Waals surface area contributed by atoms with Crippen molar-refractivity contribution < 1.29 is 27.4 Å². The highest BCUT2D eigenvalue weighted by atomic mass is 19.4. The number of pyridine rings is 1. The molecule has 1 heterocycles. The maximum atomic E-state index is 12.0. The van der Waals surface area contributed by atoms with Crippen LogP contribution < -0.4 is 10.1 Å². The summed E-state index contributed by atoms with van der Waals surface area (Å²) < 4.78 is 46.1. The molecule has 0 spiro atoms. The summed E-state index contributed by atoms with van der Waals surface area (Å²) in [5.41, 5.74) is -0.0560. The fourth-order valence-corrected chi connectivity index (χ4v) is 1.09. The molecule has 0 saturated carbocycles. The summed E-state index contributed by atoms with van der Waals surface area (Å²) in [6.45, 7) is 3.09. The van der Waals surface area contributed by atoms with Crippen LogP contribution in [-0.4, -0.2) is 36.9 Å². The van der Waals surface area contributed by atoms with Crippen molar-refractivity contribution in [2.45, 2.75) is 13.1 Å². The molecule has 8 heteroatoms. The molecule has 1 aromatic rings. The summed E-state index contributed by atoms with van der Waals surface area (Å²) in [6.07, 6.45) is -3.84. The largest absolute Gasteiger partial charge is 0.475 e. The average molecular weight is 278 g/mol. The first-order valence-corrected chi connectivity index (χ1v) is 5.48. The Balaban J connectivity index is 2.45. The number of carbonyl (C=O) groups is 1. The molecule has 1 amide bonds. The van der Waals surface area contributed by atoms with Crippen LogP contribution in [0.4, 0.5) is 18.9 Å². The van der Waals surface area contributed by atoms with Crippen LogP contribution in [0.1, 0.15) is 6.92 Å². The number of hydrogen-bond acceptors (Lipinski definition) is 4. The third kappa shape index (κ3) is 5.56. The lowest BCUT2D eigenvalue weighted by Crippen LogP contribution is -2.29. The van der Waals surface area contributed by atoms with E-state index >= 15 is 0 Å². The van der Waals surface area contributed by atoms with Gasteiger partial charge < -0.3 is 14.8 Å². The molecule has 0 aliphatic heterocycles. The van der Waals surface area contributed by atoms with Crippen molar-refractivity contribution in [3.8, 4) is 5.88 Å². The number of carbonyl (C=O) groups excluding carboxylic acids is 1. The Morgan fingerprint density at radius 3 is 2.63 bits per heavy atom. The number of amides is 1. The predicted octanol–water partition coefficient (Wildman–Crippen LogP) is 2.00. The van der Waals surface area contributed by atoms with Gasteiger partial charge >= 0.3 is 12.1 Å². The van der Waals surface area contributed by atoms with Gasteiger partial charge in [0, 0.05) is 12.7 Å². The van der Waals surface area contributed by atoms with Gasteiger partial charge in [-0.3, -0.25) is 4.79 Å². The molecule has 0 saturated heterocycles. The summed E-state index contributed by atoms with van der Waals surface area (Å²) in [4.78, 5) is 14.4. The number of alkyl halides is 3. The smallest absolute Gasteiger partial charge is 0.471 e. The van der Waals surface area contributed by atoms with Gasteiger partial charge in [0.25, 0.3) is 0 Å². The first-order chi connectivity index (χ1) is 8.93. The molecule has 0 atom stereocenters. The first kappa shape index (κ1) is 15.2. The third-order valence-corrected chi connectivity index (χ3v) is 1.93. The minimum atomic E-state index is -4.92. The summed E-state index contributed by atoms with van der Waals surface area (Å²) >= 11 is 0. The van der Waals surface area contributed by atoms with Crippen LogP contribution in [0, 0.1) is 0 Å². The van der Waals surface area contributed by atoms with E-state index in [0.717, 1.165) is 6.20 Å². The van der Waals surface area contributed by atoms with Gasteiger partial charge in [0.15, 0.2) is 0 Å². The molecule has 1 aromatic heterocycles. The highest BCUT2D eigenvalue weighted by Crippen LogP contribution is 2.18. The number of halogens is 3. The fraction of sp³-hybridized carbons (Fsp3) is 0.455. The second-order valence-corrected chi connectivity index (χ2v) is 3.38. The van der Waals surface area contributed by atoms with Crippen LogP contribution in [-0.2, 0) is 9.53 Å². The molecule has 19 heavy (non-hydrogen) atoms. The summed E-state index contributed by atoms with van der Waals surface area (Å²) in [6, 6.07) is 2.63. The first-order valence-electron chi connectivity index (χ1n) is 5.48. The molecule has 0 radical (unpaired) electrons. The lowest BCUT2D eigenvalue weighted by atomic mass is 10.4. The van der Waals surface area contributed by atoms with E-state index in [2.05, 4.69) is 4.98 Å². The van der Waals surface area contributed by atoms with Crippen molar-refractivity contribution in [2.24, 2.45) is 0 Å². The Bertz CT molecular complexity index is 407. The van der Waals surface area contributed by atoms with E-state index in [1.807, 2.05) is 6.92 Å². The molecule has 0 unspecified atom stereocenters. The van der Waals surface area contributed by atoms with Crippen LogP contribution in [0.5, 0.6) is 5.88 Å². The Labute approximate surface area is 107 Å². The molecule has 0 aliphatic rings. The van der Waals surface area contributed by atoms with E-state index in [0.29, 0.717) is 13.2 Å². The second-order valence-electron chi connectivity index (χ2n) is 3.38. The Morgan fingerprint density at radius 1 is 1.37 bits per heavy atom. The maximum absolute atomic E-state index is 12.0. The topological polar surface area (TPSA) is 60.5 Å². The Kier molecular flexibility index (Phi) is 5.56. The van der Waals surface area contributed by atoms with Crippen LogP contribution in [0.15, 0.2) is 18.3 Å². The van der Waals surface area contributed by atoms with Gasteiger partial charge in [-0.2, -0.15) is 13.2 Å². The van der Waals surface area contributed by atoms with Crippen LogP contribution in [0.3, 0.4) is 0 Å². The molecule has 0 bridgehead atoms. The van der Waals surface area contributed by atoms with Gasteiger partial charge in [-0.25, -0.2) is 4.98 Å². The number of nitrogens with one attached hydrogen (secondary N) is 1. The van der Waals surface area contributed by atoms with Crippen molar-refractivity contribution in [1.82, 2.24) is 4.98 Å². The quantitative estimate of drug-likeness (QED) is 0.808.